The number of amides is 1. The highest BCUT2D eigenvalue weighted by atomic mass is 32.2. The van der Waals surface area contributed by atoms with Crippen molar-refractivity contribution in [2.24, 2.45) is 0 Å². The van der Waals surface area contributed by atoms with Crippen LogP contribution >= 0.6 is 11.8 Å². The second-order valence-electron chi connectivity index (χ2n) is 5.40. The molecule has 5 heteroatoms. The maximum atomic E-state index is 12.5. The van der Waals surface area contributed by atoms with Crippen LogP contribution in [0.4, 0.5) is 0 Å². The van der Waals surface area contributed by atoms with Gasteiger partial charge < -0.3 is 5.32 Å². The van der Waals surface area contributed by atoms with Crippen molar-refractivity contribution in [2.75, 3.05) is 5.75 Å². The van der Waals surface area contributed by atoms with Crippen molar-refractivity contribution < 1.29 is 4.79 Å². The summed E-state index contributed by atoms with van der Waals surface area (Å²) < 4.78 is 0. The third-order valence-corrected chi connectivity index (χ3v) is 4.64. The zero-order chi connectivity index (χ0) is 17.5. The third kappa shape index (κ3) is 4.45. The van der Waals surface area contributed by atoms with Crippen molar-refractivity contribution in [2.45, 2.75) is 18.4 Å². The maximum absolute atomic E-state index is 12.5. The van der Waals surface area contributed by atoms with Crippen molar-refractivity contribution in [3.63, 3.8) is 0 Å². The smallest absolute Gasteiger partial charge is 0.252 e. The third-order valence-electron chi connectivity index (χ3n) is 3.69. The van der Waals surface area contributed by atoms with Crippen LogP contribution in [0.3, 0.4) is 0 Å². The van der Waals surface area contributed by atoms with Gasteiger partial charge in [-0.05, 0) is 47.7 Å². The highest BCUT2D eigenvalue weighted by molar-refractivity contribution is 7.99. The minimum atomic E-state index is -0.0566. The number of carbonyl (C=O) groups is 1. The molecule has 2 heterocycles. The van der Waals surface area contributed by atoms with Gasteiger partial charge in [-0.1, -0.05) is 19.1 Å². The van der Waals surface area contributed by atoms with E-state index in [-0.39, 0.29) is 5.91 Å². The van der Waals surface area contributed by atoms with Gasteiger partial charge in [-0.2, -0.15) is 0 Å². The van der Waals surface area contributed by atoms with Crippen LogP contribution in [0.1, 0.15) is 22.8 Å². The summed E-state index contributed by atoms with van der Waals surface area (Å²) in [7, 11) is 0. The molecule has 25 heavy (non-hydrogen) atoms. The Labute approximate surface area is 151 Å². The molecule has 0 radical (unpaired) electrons. The van der Waals surface area contributed by atoms with Crippen LogP contribution in [0.2, 0.25) is 0 Å². The zero-order valence-electron chi connectivity index (χ0n) is 14.0. The van der Waals surface area contributed by atoms with E-state index >= 15 is 0 Å². The molecule has 0 bridgehead atoms. The van der Waals surface area contributed by atoms with E-state index in [4.69, 9.17) is 0 Å². The lowest BCUT2D eigenvalue weighted by Gasteiger charge is -2.10. The molecule has 0 spiro atoms. The summed E-state index contributed by atoms with van der Waals surface area (Å²) in [4.78, 5) is 21.9. The first-order valence-corrected chi connectivity index (χ1v) is 9.12. The fraction of sp³-hybridized carbons (Fsp3) is 0.150. The number of aromatic nitrogens is 2. The van der Waals surface area contributed by atoms with E-state index in [1.807, 2.05) is 48.5 Å². The number of hydrogen-bond acceptors (Lipinski definition) is 4. The molecule has 0 aliphatic heterocycles. The van der Waals surface area contributed by atoms with Gasteiger partial charge in [-0.15, -0.1) is 11.8 Å². The Morgan fingerprint density at radius 1 is 1.08 bits per heavy atom. The average Bonchev–Trinajstić information content (AvgIpc) is 2.68. The van der Waals surface area contributed by atoms with E-state index in [2.05, 4.69) is 22.2 Å². The highest BCUT2D eigenvalue weighted by Crippen LogP contribution is 2.22. The molecular weight excluding hydrogens is 330 g/mol. The number of nitrogens with one attached hydrogen (secondary N) is 1. The van der Waals surface area contributed by atoms with E-state index in [9.17, 15) is 4.79 Å². The Balaban J connectivity index is 1.71. The molecule has 0 unspecified atom stereocenters. The Kier molecular flexibility index (Phi) is 5.80. The number of hydrogen-bond donors (Lipinski definition) is 1. The lowest BCUT2D eigenvalue weighted by atomic mass is 10.1. The molecule has 4 nitrogen and oxygen atoms in total. The molecule has 126 valence electrons. The minimum Gasteiger partial charge on any atom is -0.348 e. The summed E-state index contributed by atoms with van der Waals surface area (Å²) in [6, 6.07) is 15.4. The maximum Gasteiger partial charge on any atom is 0.252 e. The second kappa shape index (κ2) is 8.44. The number of carbonyl (C=O) groups excluding carboxylic acids is 1. The molecule has 1 aromatic carbocycles. The fourth-order valence-corrected chi connectivity index (χ4v) is 3.28. The van der Waals surface area contributed by atoms with Crippen LogP contribution in [0, 0.1) is 0 Å². The quantitative estimate of drug-likeness (QED) is 0.678. The normalized spacial score (nSPS) is 10.4. The van der Waals surface area contributed by atoms with Gasteiger partial charge in [0.2, 0.25) is 0 Å². The molecule has 0 atom stereocenters. The molecule has 0 saturated heterocycles. The van der Waals surface area contributed by atoms with Gasteiger partial charge in [0.1, 0.15) is 0 Å². The van der Waals surface area contributed by atoms with Gasteiger partial charge in [0, 0.05) is 35.6 Å². The van der Waals surface area contributed by atoms with Gasteiger partial charge in [-0.25, -0.2) is 0 Å². The van der Waals surface area contributed by atoms with Gasteiger partial charge in [-0.3, -0.25) is 14.8 Å². The largest absolute Gasteiger partial charge is 0.348 e. The van der Waals surface area contributed by atoms with Crippen LogP contribution in [0.5, 0.6) is 0 Å². The monoisotopic (exact) mass is 349 g/mol. The SMILES string of the molecule is CCSc1ccccc1C(=O)NCc1ccnc(-c2ccncc2)c1. The summed E-state index contributed by atoms with van der Waals surface area (Å²) in [6.07, 6.45) is 5.25. The Morgan fingerprint density at radius 2 is 1.88 bits per heavy atom. The van der Waals surface area contributed by atoms with E-state index in [1.165, 1.54) is 0 Å². The molecule has 0 aliphatic rings. The molecule has 3 rings (SSSR count). The predicted molar refractivity (Wildman–Crippen MR) is 101 cm³/mol. The van der Waals surface area contributed by atoms with Crippen molar-refractivity contribution in [1.82, 2.24) is 15.3 Å². The van der Waals surface area contributed by atoms with Crippen LogP contribution < -0.4 is 5.32 Å². The molecule has 2 aromatic heterocycles. The van der Waals surface area contributed by atoms with Crippen molar-refractivity contribution in [3.8, 4) is 11.3 Å². The lowest BCUT2D eigenvalue weighted by Crippen LogP contribution is -2.23. The van der Waals surface area contributed by atoms with Crippen LogP contribution in [0.25, 0.3) is 11.3 Å². The standard InChI is InChI=1S/C20H19N3OS/c1-2-25-19-6-4-3-5-17(19)20(24)23-14-15-7-12-22-18(13-15)16-8-10-21-11-9-16/h3-13H,2,14H2,1H3,(H,23,24). The van der Waals surface area contributed by atoms with Gasteiger partial charge in [0.05, 0.1) is 11.3 Å². The van der Waals surface area contributed by atoms with E-state index in [0.717, 1.165) is 33.0 Å². The number of benzene rings is 1. The molecule has 0 fully saturated rings. The summed E-state index contributed by atoms with van der Waals surface area (Å²) in [5.74, 6) is 0.878. The molecule has 0 saturated carbocycles. The lowest BCUT2D eigenvalue weighted by molar-refractivity contribution is 0.0948. The first-order valence-electron chi connectivity index (χ1n) is 8.13. The topological polar surface area (TPSA) is 54.9 Å². The zero-order valence-corrected chi connectivity index (χ0v) is 14.8. The van der Waals surface area contributed by atoms with E-state index in [1.54, 1.807) is 30.4 Å². The first-order chi connectivity index (χ1) is 12.3. The number of thioether (sulfide) groups is 1. The fourth-order valence-electron chi connectivity index (χ4n) is 2.48. The molecule has 1 amide bonds. The molecule has 1 N–H and O–H groups in total. The summed E-state index contributed by atoms with van der Waals surface area (Å²) in [5.41, 5.74) is 3.61. The van der Waals surface area contributed by atoms with Crippen LogP contribution in [-0.2, 0) is 6.54 Å². The predicted octanol–water partition coefficient (Wildman–Crippen LogP) is 4.19. The Morgan fingerprint density at radius 3 is 2.68 bits per heavy atom. The van der Waals surface area contributed by atoms with Gasteiger partial charge in [0.15, 0.2) is 0 Å². The molecule has 0 aliphatic carbocycles. The van der Waals surface area contributed by atoms with Crippen molar-refractivity contribution in [3.05, 3.63) is 78.2 Å². The Hall–Kier alpha value is -2.66. The average molecular weight is 349 g/mol. The number of rotatable bonds is 6. The van der Waals surface area contributed by atoms with E-state index < -0.39 is 0 Å². The van der Waals surface area contributed by atoms with E-state index in [0.29, 0.717) is 6.54 Å². The molecule has 3 aromatic rings. The minimum absolute atomic E-state index is 0.0566. The summed E-state index contributed by atoms with van der Waals surface area (Å²) >= 11 is 1.67. The van der Waals surface area contributed by atoms with Crippen LogP contribution in [-0.4, -0.2) is 21.6 Å². The van der Waals surface area contributed by atoms with Crippen molar-refractivity contribution in [1.29, 1.82) is 0 Å². The summed E-state index contributed by atoms with van der Waals surface area (Å²) in [6.45, 7) is 2.54. The number of nitrogens with zero attached hydrogens (tertiary/aromatic N) is 2. The molecular formula is C20H19N3OS. The van der Waals surface area contributed by atoms with Crippen LogP contribution in [0.15, 0.2) is 72.0 Å². The first kappa shape index (κ1) is 17.2. The Bertz CT molecular complexity index is 852. The number of pyridine rings is 2. The summed E-state index contributed by atoms with van der Waals surface area (Å²) in [5, 5.41) is 3.00. The van der Waals surface area contributed by atoms with Gasteiger partial charge >= 0.3 is 0 Å². The second-order valence-corrected chi connectivity index (χ2v) is 6.70. The van der Waals surface area contributed by atoms with Gasteiger partial charge in [0.25, 0.3) is 5.91 Å². The van der Waals surface area contributed by atoms with Crippen molar-refractivity contribution >= 4 is 17.7 Å². The highest BCUT2D eigenvalue weighted by Gasteiger charge is 2.10.